The van der Waals surface area contributed by atoms with Crippen LogP contribution < -0.4 is 0 Å². The Hall–Kier alpha value is -1.58. The smallest absolute Gasteiger partial charge is 0.256 e. The van der Waals surface area contributed by atoms with Crippen molar-refractivity contribution in [2.75, 3.05) is 13.1 Å². The maximum Gasteiger partial charge on any atom is 0.256 e. The number of phenols is 1. The second-order valence-electron chi connectivity index (χ2n) is 4.64. The second kappa shape index (κ2) is 4.73. The van der Waals surface area contributed by atoms with Crippen molar-refractivity contribution in [2.45, 2.75) is 19.8 Å². The summed E-state index contributed by atoms with van der Waals surface area (Å²) < 4.78 is 13.5. The first kappa shape index (κ1) is 11.9. The molecule has 0 aromatic heterocycles. The van der Waals surface area contributed by atoms with Crippen molar-refractivity contribution in [3.05, 3.63) is 29.6 Å². The Morgan fingerprint density at radius 2 is 2.06 bits per heavy atom. The minimum Gasteiger partial charge on any atom is -0.508 e. The number of phenolic OH excluding ortho intramolecular Hbond substituents is 1. The lowest BCUT2D eigenvalue weighted by atomic mass is 9.98. The highest BCUT2D eigenvalue weighted by molar-refractivity contribution is 5.94. The molecule has 0 unspecified atom stereocenters. The molecule has 2 rings (SSSR count). The van der Waals surface area contributed by atoms with Crippen molar-refractivity contribution in [1.29, 1.82) is 0 Å². The van der Waals surface area contributed by atoms with E-state index in [-0.39, 0.29) is 17.2 Å². The molecular formula is C13H16FNO2. The van der Waals surface area contributed by atoms with Crippen molar-refractivity contribution in [1.82, 2.24) is 4.90 Å². The maximum atomic E-state index is 13.5. The summed E-state index contributed by atoms with van der Waals surface area (Å²) in [6.07, 6.45) is 1.93. The molecule has 0 aliphatic carbocycles. The summed E-state index contributed by atoms with van der Waals surface area (Å²) in [5, 5.41) is 9.10. The minimum absolute atomic E-state index is 0.0392. The molecular weight excluding hydrogens is 221 g/mol. The van der Waals surface area contributed by atoms with E-state index in [2.05, 4.69) is 6.92 Å². The lowest BCUT2D eigenvalue weighted by molar-refractivity contribution is 0.0692. The molecule has 1 fully saturated rings. The molecule has 1 amide bonds. The quantitative estimate of drug-likeness (QED) is 0.814. The topological polar surface area (TPSA) is 40.5 Å². The number of hydrogen-bond acceptors (Lipinski definition) is 2. The average Bonchev–Trinajstić information content (AvgIpc) is 2.29. The van der Waals surface area contributed by atoms with Crippen molar-refractivity contribution in [3.63, 3.8) is 0 Å². The monoisotopic (exact) mass is 237 g/mol. The molecule has 1 aliphatic rings. The number of carbonyl (C=O) groups excluding carboxylic acids is 1. The van der Waals surface area contributed by atoms with Crippen LogP contribution in [0, 0.1) is 11.7 Å². The number of amides is 1. The summed E-state index contributed by atoms with van der Waals surface area (Å²) in [6.45, 7) is 3.52. The number of benzene rings is 1. The lowest BCUT2D eigenvalue weighted by Gasteiger charge is -2.30. The molecule has 1 saturated heterocycles. The standard InChI is InChI=1S/C13H16FNO2/c1-9-4-6-15(7-5-9)13(17)11-3-2-10(16)8-12(11)14/h2-3,8-9,16H,4-7H2,1H3. The van der Waals surface area contributed by atoms with Gasteiger partial charge in [0.05, 0.1) is 5.56 Å². The molecule has 0 saturated carbocycles. The van der Waals surface area contributed by atoms with Gasteiger partial charge in [0.15, 0.2) is 0 Å². The Morgan fingerprint density at radius 1 is 1.41 bits per heavy atom. The summed E-state index contributed by atoms with van der Waals surface area (Å²) in [5.41, 5.74) is 0.0392. The number of hydrogen-bond donors (Lipinski definition) is 1. The number of piperidine rings is 1. The van der Waals surface area contributed by atoms with Gasteiger partial charge in [-0.1, -0.05) is 6.92 Å². The third-order valence-electron chi connectivity index (χ3n) is 3.25. The molecule has 0 spiro atoms. The van der Waals surface area contributed by atoms with E-state index in [4.69, 9.17) is 5.11 Å². The average molecular weight is 237 g/mol. The molecule has 1 N–H and O–H groups in total. The van der Waals surface area contributed by atoms with Gasteiger partial charge in [-0.2, -0.15) is 0 Å². The van der Waals surface area contributed by atoms with Crippen LogP contribution in [0.15, 0.2) is 18.2 Å². The molecule has 3 nitrogen and oxygen atoms in total. The first-order chi connectivity index (χ1) is 8.08. The Morgan fingerprint density at radius 3 is 2.65 bits per heavy atom. The molecule has 1 aliphatic heterocycles. The normalized spacial score (nSPS) is 17.2. The molecule has 0 radical (unpaired) electrons. The Balaban J connectivity index is 2.14. The molecule has 4 heteroatoms. The fraction of sp³-hybridized carbons (Fsp3) is 0.462. The number of nitrogens with zero attached hydrogens (tertiary/aromatic N) is 1. The summed E-state index contributed by atoms with van der Waals surface area (Å²) in [6, 6.07) is 3.65. The van der Waals surface area contributed by atoms with E-state index in [1.807, 2.05) is 0 Å². The zero-order valence-electron chi connectivity index (χ0n) is 9.82. The van der Waals surface area contributed by atoms with Gasteiger partial charge in [0.2, 0.25) is 0 Å². The minimum atomic E-state index is -0.659. The zero-order valence-corrected chi connectivity index (χ0v) is 9.82. The number of likely N-dealkylation sites (tertiary alicyclic amines) is 1. The first-order valence-corrected chi connectivity index (χ1v) is 5.85. The molecule has 92 valence electrons. The summed E-state index contributed by atoms with van der Waals surface area (Å²) in [4.78, 5) is 13.7. The van der Waals surface area contributed by atoms with E-state index in [0.717, 1.165) is 18.9 Å². The van der Waals surface area contributed by atoms with Crippen LogP contribution in [0.2, 0.25) is 0 Å². The SMILES string of the molecule is CC1CCN(C(=O)c2ccc(O)cc2F)CC1. The predicted octanol–water partition coefficient (Wildman–Crippen LogP) is 2.40. The highest BCUT2D eigenvalue weighted by Gasteiger charge is 2.23. The summed E-state index contributed by atoms with van der Waals surface area (Å²) in [7, 11) is 0. The van der Waals surface area contributed by atoms with Crippen LogP contribution in [-0.2, 0) is 0 Å². The molecule has 1 heterocycles. The summed E-state index contributed by atoms with van der Waals surface area (Å²) >= 11 is 0. The van der Waals surface area contributed by atoms with E-state index in [9.17, 15) is 9.18 Å². The Bertz CT molecular complexity index is 425. The van der Waals surface area contributed by atoms with Crippen LogP contribution in [0.4, 0.5) is 4.39 Å². The van der Waals surface area contributed by atoms with Gasteiger partial charge in [-0.05, 0) is 30.9 Å². The molecule has 1 aromatic rings. The molecule has 0 atom stereocenters. The van der Waals surface area contributed by atoms with Gasteiger partial charge in [-0.25, -0.2) is 4.39 Å². The van der Waals surface area contributed by atoms with Crippen LogP contribution in [0.5, 0.6) is 5.75 Å². The Kier molecular flexibility index (Phi) is 3.31. The van der Waals surface area contributed by atoms with Crippen molar-refractivity contribution >= 4 is 5.91 Å². The summed E-state index contributed by atoms with van der Waals surface area (Å²) in [5.74, 6) is -0.474. The number of rotatable bonds is 1. The van der Waals surface area contributed by atoms with Gasteiger partial charge in [0.25, 0.3) is 5.91 Å². The van der Waals surface area contributed by atoms with Crippen molar-refractivity contribution in [3.8, 4) is 5.75 Å². The van der Waals surface area contributed by atoms with Crippen LogP contribution in [0.25, 0.3) is 0 Å². The molecule has 0 bridgehead atoms. The van der Waals surface area contributed by atoms with Gasteiger partial charge in [0.1, 0.15) is 11.6 Å². The largest absolute Gasteiger partial charge is 0.508 e. The van der Waals surface area contributed by atoms with Gasteiger partial charge >= 0.3 is 0 Å². The maximum absolute atomic E-state index is 13.5. The molecule has 1 aromatic carbocycles. The lowest BCUT2D eigenvalue weighted by Crippen LogP contribution is -2.38. The number of carbonyl (C=O) groups is 1. The fourth-order valence-corrected chi connectivity index (χ4v) is 2.06. The second-order valence-corrected chi connectivity index (χ2v) is 4.64. The van der Waals surface area contributed by atoms with Gasteiger partial charge in [-0.3, -0.25) is 4.79 Å². The highest BCUT2D eigenvalue weighted by atomic mass is 19.1. The van der Waals surface area contributed by atoms with E-state index in [1.165, 1.54) is 12.1 Å². The van der Waals surface area contributed by atoms with Crippen molar-refractivity contribution in [2.24, 2.45) is 5.92 Å². The van der Waals surface area contributed by atoms with Crippen LogP contribution in [-0.4, -0.2) is 29.0 Å². The van der Waals surface area contributed by atoms with Crippen LogP contribution >= 0.6 is 0 Å². The Labute approximate surface area is 99.9 Å². The van der Waals surface area contributed by atoms with E-state index < -0.39 is 5.82 Å². The zero-order chi connectivity index (χ0) is 12.4. The van der Waals surface area contributed by atoms with Crippen LogP contribution in [0.1, 0.15) is 30.1 Å². The van der Waals surface area contributed by atoms with Crippen LogP contribution in [0.3, 0.4) is 0 Å². The van der Waals surface area contributed by atoms with Crippen molar-refractivity contribution < 1.29 is 14.3 Å². The third kappa shape index (κ3) is 2.57. The third-order valence-corrected chi connectivity index (χ3v) is 3.25. The van der Waals surface area contributed by atoms with E-state index in [0.29, 0.717) is 19.0 Å². The van der Waals surface area contributed by atoms with E-state index in [1.54, 1.807) is 4.90 Å². The number of aromatic hydroxyl groups is 1. The molecule has 17 heavy (non-hydrogen) atoms. The highest BCUT2D eigenvalue weighted by Crippen LogP contribution is 2.21. The van der Waals surface area contributed by atoms with Gasteiger partial charge in [-0.15, -0.1) is 0 Å². The predicted molar refractivity (Wildman–Crippen MR) is 62.4 cm³/mol. The fourth-order valence-electron chi connectivity index (χ4n) is 2.06. The van der Waals surface area contributed by atoms with Gasteiger partial charge in [0, 0.05) is 19.2 Å². The van der Waals surface area contributed by atoms with E-state index >= 15 is 0 Å². The number of halogens is 1. The van der Waals surface area contributed by atoms with Gasteiger partial charge < -0.3 is 10.0 Å². The first-order valence-electron chi connectivity index (χ1n) is 5.85.